The van der Waals surface area contributed by atoms with Gasteiger partial charge in [0.1, 0.15) is 5.82 Å². The molecule has 2 aliphatic rings. The summed E-state index contributed by atoms with van der Waals surface area (Å²) in [7, 11) is 0. The molecule has 0 spiro atoms. The van der Waals surface area contributed by atoms with Crippen LogP contribution in [0.5, 0.6) is 0 Å². The number of carbonyl (C=O) groups excluding carboxylic acids is 1. The van der Waals surface area contributed by atoms with Crippen LogP contribution in [0.1, 0.15) is 42.5 Å². The Morgan fingerprint density at radius 1 is 1.09 bits per heavy atom. The van der Waals surface area contributed by atoms with Crippen molar-refractivity contribution in [2.24, 2.45) is 5.73 Å². The number of amides is 2. The number of aryl methyl sites for hydroxylation is 1. The number of nitrogens with two attached hydrogens (primary N) is 1. The molecule has 3 aromatic rings. The Morgan fingerprint density at radius 2 is 1.74 bits per heavy atom. The van der Waals surface area contributed by atoms with Crippen LogP contribution in [0.3, 0.4) is 0 Å². The fourth-order valence-corrected chi connectivity index (χ4v) is 4.91. The molecule has 5 rings (SSSR count). The summed E-state index contributed by atoms with van der Waals surface area (Å²) in [4.78, 5) is 12.6. The Hall–Kier alpha value is -3.33. The summed E-state index contributed by atoms with van der Waals surface area (Å²) >= 11 is 0. The average molecular weight is 486 g/mol. The maximum absolute atomic E-state index is 12.4. The monoisotopic (exact) mass is 485 g/mol. The highest BCUT2D eigenvalue weighted by Crippen LogP contribution is 2.33. The van der Waals surface area contributed by atoms with Crippen molar-refractivity contribution in [2.75, 3.05) is 18.4 Å². The summed E-state index contributed by atoms with van der Waals surface area (Å²) in [5, 5.41) is 7.25. The van der Waals surface area contributed by atoms with Crippen molar-refractivity contribution in [3.8, 4) is 5.69 Å². The van der Waals surface area contributed by atoms with E-state index in [4.69, 9.17) is 5.73 Å². The van der Waals surface area contributed by atoms with Crippen LogP contribution in [0.15, 0.2) is 60.7 Å². The second kappa shape index (κ2) is 10.5. The third kappa shape index (κ3) is 6.22. The molecule has 0 unspecified atom stereocenters. The molecule has 2 atom stereocenters. The van der Waals surface area contributed by atoms with Crippen molar-refractivity contribution in [2.45, 2.75) is 50.7 Å². The summed E-state index contributed by atoms with van der Waals surface area (Å²) < 4.78 is 38.9. The predicted octanol–water partition coefficient (Wildman–Crippen LogP) is 5.28. The molecule has 6 nitrogen and oxygen atoms in total. The number of benzene rings is 2. The Kier molecular flexibility index (Phi) is 7.45. The smallest absolute Gasteiger partial charge is 0.351 e. The van der Waals surface area contributed by atoms with Gasteiger partial charge in [0.25, 0.3) is 0 Å². The summed E-state index contributed by atoms with van der Waals surface area (Å²) in [5.74, 6) is 0.940. The number of para-hydroxylation sites is 1. The molecule has 35 heavy (non-hydrogen) atoms. The zero-order valence-corrected chi connectivity index (χ0v) is 19.6. The highest BCUT2D eigenvalue weighted by atomic mass is 19.4. The number of hydrogen-bond acceptors (Lipinski definition) is 3. The molecule has 0 radical (unpaired) electrons. The average Bonchev–Trinajstić information content (AvgIpc) is 3.51. The number of alkyl halides is 3. The molecule has 0 saturated carbocycles. The van der Waals surface area contributed by atoms with Gasteiger partial charge in [-0.2, -0.15) is 18.3 Å². The van der Waals surface area contributed by atoms with Gasteiger partial charge >= 0.3 is 12.2 Å². The highest BCUT2D eigenvalue weighted by Gasteiger charge is 2.38. The molecule has 1 aliphatic heterocycles. The van der Waals surface area contributed by atoms with Crippen LogP contribution in [-0.2, 0) is 12.8 Å². The minimum atomic E-state index is -4.10. The van der Waals surface area contributed by atoms with E-state index < -0.39 is 18.8 Å². The van der Waals surface area contributed by atoms with Gasteiger partial charge < -0.3 is 5.73 Å². The molecule has 1 saturated heterocycles. The first-order valence-corrected chi connectivity index (χ1v) is 11.8. The number of likely N-dealkylation sites (tertiary alicyclic amines) is 1. The second-order valence-corrected chi connectivity index (χ2v) is 9.10. The Morgan fingerprint density at radius 3 is 2.37 bits per heavy atom. The fourth-order valence-electron chi connectivity index (χ4n) is 4.91. The first kappa shape index (κ1) is 24.8. The number of rotatable bonds is 4. The van der Waals surface area contributed by atoms with Crippen molar-refractivity contribution >= 4 is 11.8 Å². The molecule has 0 bridgehead atoms. The maximum Gasteiger partial charge on any atom is 0.401 e. The van der Waals surface area contributed by atoms with Crippen molar-refractivity contribution in [1.29, 1.82) is 0 Å². The predicted molar refractivity (Wildman–Crippen MR) is 130 cm³/mol. The zero-order chi connectivity index (χ0) is 25.0. The lowest BCUT2D eigenvalue weighted by molar-refractivity contribution is -0.147. The van der Waals surface area contributed by atoms with Gasteiger partial charge in [0, 0.05) is 18.2 Å². The minimum absolute atomic E-state index is 0.00170. The van der Waals surface area contributed by atoms with E-state index in [9.17, 15) is 18.0 Å². The molecule has 1 aliphatic carbocycles. The van der Waals surface area contributed by atoms with E-state index in [1.165, 1.54) is 4.90 Å². The number of nitrogens with zero attached hydrogens (tertiary/aromatic N) is 3. The summed E-state index contributed by atoms with van der Waals surface area (Å²) in [5.41, 5.74) is 9.47. The second-order valence-electron chi connectivity index (χ2n) is 9.10. The number of aromatic nitrogens is 2. The summed E-state index contributed by atoms with van der Waals surface area (Å²) in [6.45, 7) is 1.58. The molecule has 1 aromatic heterocycles. The lowest BCUT2D eigenvalue weighted by Crippen LogP contribution is -2.36. The van der Waals surface area contributed by atoms with E-state index >= 15 is 0 Å². The van der Waals surface area contributed by atoms with E-state index in [1.54, 1.807) is 4.68 Å². The number of hydrogen-bond donors (Lipinski definition) is 2. The quantitative estimate of drug-likeness (QED) is 0.528. The maximum atomic E-state index is 12.4. The Balaban J connectivity index is 0.000000165. The van der Waals surface area contributed by atoms with Gasteiger partial charge in [-0.3, -0.25) is 10.2 Å². The van der Waals surface area contributed by atoms with Crippen LogP contribution < -0.4 is 11.1 Å². The first-order chi connectivity index (χ1) is 16.7. The summed E-state index contributed by atoms with van der Waals surface area (Å²) in [6.07, 6.45) is -0.305. The van der Waals surface area contributed by atoms with E-state index in [0.29, 0.717) is 12.4 Å². The van der Waals surface area contributed by atoms with Crippen LogP contribution in [-0.4, -0.2) is 46.0 Å². The van der Waals surface area contributed by atoms with Crippen molar-refractivity contribution < 1.29 is 18.0 Å². The van der Waals surface area contributed by atoms with E-state index in [1.807, 2.05) is 67.6 Å². The Labute approximate surface area is 202 Å². The molecule has 1 fully saturated rings. The number of primary amides is 1. The molecule has 186 valence electrons. The standard InChI is InChI=1S/C13H16F3N.C13H14N4O/c1-10-7-12(11-5-3-2-4-6-11)8-17(10)9-13(14,15)16;14-13(18)15-12-10-7-4-8-11(10)16-17(12)9-5-2-1-3-6-9/h2-6,10,12H,7-9H2,1H3;1-3,5-6H,4,7-8H2,(H3,14,15,18)/t10-,12+;/m1./s1. The molecule has 3 N–H and O–H groups in total. The number of fused-ring (bicyclic) bond motifs is 1. The van der Waals surface area contributed by atoms with Crippen LogP contribution >= 0.6 is 0 Å². The number of carbonyl (C=O) groups is 1. The third-order valence-electron chi connectivity index (χ3n) is 6.51. The van der Waals surface area contributed by atoms with Crippen LogP contribution in [0.25, 0.3) is 5.69 Å². The number of halogens is 3. The van der Waals surface area contributed by atoms with Crippen LogP contribution in [0.2, 0.25) is 0 Å². The van der Waals surface area contributed by atoms with Crippen LogP contribution in [0, 0.1) is 0 Å². The fraction of sp³-hybridized carbons (Fsp3) is 0.385. The number of anilines is 1. The van der Waals surface area contributed by atoms with Gasteiger partial charge in [-0.15, -0.1) is 0 Å². The van der Waals surface area contributed by atoms with Gasteiger partial charge in [0.15, 0.2) is 0 Å². The van der Waals surface area contributed by atoms with Crippen LogP contribution in [0.4, 0.5) is 23.8 Å². The van der Waals surface area contributed by atoms with Gasteiger partial charge in [0.2, 0.25) is 0 Å². The third-order valence-corrected chi connectivity index (χ3v) is 6.51. The topological polar surface area (TPSA) is 76.2 Å². The molecule has 2 aromatic carbocycles. The van der Waals surface area contributed by atoms with E-state index in [2.05, 4.69) is 10.4 Å². The lowest BCUT2D eigenvalue weighted by Gasteiger charge is -2.22. The lowest BCUT2D eigenvalue weighted by atomic mass is 9.97. The van der Waals surface area contributed by atoms with Gasteiger partial charge in [-0.25, -0.2) is 9.48 Å². The van der Waals surface area contributed by atoms with Gasteiger partial charge in [-0.1, -0.05) is 48.5 Å². The molecule has 9 heteroatoms. The SMILES string of the molecule is C[C@@H]1C[C@H](c2ccccc2)CN1CC(F)(F)F.NC(=O)Nc1c2c(nn1-c1ccccc1)CCC2. The van der Waals surface area contributed by atoms with Gasteiger partial charge in [-0.05, 0) is 56.2 Å². The Bertz CT molecular complexity index is 1130. The summed E-state index contributed by atoms with van der Waals surface area (Å²) in [6, 6.07) is 19.0. The van der Waals surface area contributed by atoms with Crippen molar-refractivity contribution in [3.63, 3.8) is 0 Å². The minimum Gasteiger partial charge on any atom is -0.351 e. The number of urea groups is 1. The molecular formula is C26H30F3N5O. The largest absolute Gasteiger partial charge is 0.401 e. The van der Waals surface area contributed by atoms with E-state index in [0.717, 1.165) is 48.2 Å². The first-order valence-electron chi connectivity index (χ1n) is 11.8. The zero-order valence-electron chi connectivity index (χ0n) is 19.6. The van der Waals surface area contributed by atoms with Gasteiger partial charge in [0.05, 0.1) is 17.9 Å². The van der Waals surface area contributed by atoms with Crippen molar-refractivity contribution in [1.82, 2.24) is 14.7 Å². The number of nitrogens with one attached hydrogen (secondary N) is 1. The molecule has 2 heterocycles. The van der Waals surface area contributed by atoms with Crippen molar-refractivity contribution in [3.05, 3.63) is 77.5 Å². The molecular weight excluding hydrogens is 455 g/mol. The molecule has 2 amide bonds. The van der Waals surface area contributed by atoms with E-state index in [-0.39, 0.29) is 12.0 Å². The highest BCUT2D eigenvalue weighted by molar-refractivity contribution is 5.88. The normalized spacial score (nSPS) is 19.7.